The van der Waals surface area contributed by atoms with E-state index in [4.69, 9.17) is 0 Å². The second kappa shape index (κ2) is 10.1. The number of hydrogen-bond donors (Lipinski definition) is 0. The van der Waals surface area contributed by atoms with Crippen LogP contribution in [0, 0.1) is 13.8 Å². The number of carbonyl (C=O) groups is 3. The van der Waals surface area contributed by atoms with Crippen molar-refractivity contribution in [2.75, 3.05) is 37.6 Å². The van der Waals surface area contributed by atoms with Gasteiger partial charge in [-0.05, 0) is 67.6 Å². The number of piperazine rings is 1. The molecule has 3 heterocycles. The second-order valence-electron chi connectivity index (χ2n) is 8.97. The number of amides is 3. The van der Waals surface area contributed by atoms with Gasteiger partial charge in [-0.2, -0.15) is 0 Å². The van der Waals surface area contributed by atoms with E-state index in [0.29, 0.717) is 31.1 Å². The van der Waals surface area contributed by atoms with Crippen LogP contribution >= 0.6 is 11.8 Å². The third-order valence-electron chi connectivity index (χ3n) is 6.69. The fourth-order valence-electron chi connectivity index (χ4n) is 4.77. The Bertz CT molecular complexity index is 1330. The molecule has 184 valence electrons. The van der Waals surface area contributed by atoms with Gasteiger partial charge in [0, 0.05) is 48.9 Å². The number of nitrogens with zero attached hydrogens (tertiary/aromatic N) is 4. The number of para-hydroxylation sites is 2. The van der Waals surface area contributed by atoms with Gasteiger partial charge in [-0.3, -0.25) is 19.3 Å². The van der Waals surface area contributed by atoms with Gasteiger partial charge >= 0.3 is 0 Å². The summed E-state index contributed by atoms with van der Waals surface area (Å²) in [4.78, 5) is 44.1. The lowest BCUT2D eigenvalue weighted by atomic mass is 10.2. The Morgan fingerprint density at radius 2 is 1.50 bits per heavy atom. The van der Waals surface area contributed by atoms with Gasteiger partial charge in [-0.15, -0.1) is 0 Å². The standard InChI is InChI=1S/C28H28N4O3S/c1-20-17-22(21(2)32(20)24-11-7-4-8-12-24)18-25-27(34)31(28(35)36-25)19-26(33)30-15-13-29(14-16-30)23-9-5-3-6-10-23/h3-12,17-18H,13-16,19H2,1-2H3. The molecule has 0 atom stereocenters. The highest BCUT2D eigenvalue weighted by atomic mass is 32.2. The predicted molar refractivity (Wildman–Crippen MR) is 143 cm³/mol. The molecule has 2 aliphatic heterocycles. The average molecular weight is 501 g/mol. The van der Waals surface area contributed by atoms with Crippen molar-refractivity contribution >= 4 is 40.6 Å². The van der Waals surface area contributed by atoms with E-state index in [9.17, 15) is 14.4 Å². The summed E-state index contributed by atoms with van der Waals surface area (Å²) in [6, 6.07) is 22.1. The molecular formula is C28H28N4O3S. The predicted octanol–water partition coefficient (Wildman–Crippen LogP) is 4.48. The van der Waals surface area contributed by atoms with Gasteiger partial charge in [-0.1, -0.05) is 36.4 Å². The van der Waals surface area contributed by atoms with Gasteiger partial charge < -0.3 is 14.4 Å². The van der Waals surface area contributed by atoms with E-state index in [0.717, 1.165) is 45.0 Å². The van der Waals surface area contributed by atoms with E-state index in [1.54, 1.807) is 11.0 Å². The molecule has 2 aliphatic rings. The molecule has 0 bridgehead atoms. The quantitative estimate of drug-likeness (QED) is 0.484. The zero-order valence-electron chi connectivity index (χ0n) is 20.4. The van der Waals surface area contributed by atoms with Crippen LogP contribution in [0.5, 0.6) is 0 Å². The third kappa shape index (κ3) is 4.68. The smallest absolute Gasteiger partial charge is 0.294 e. The monoisotopic (exact) mass is 500 g/mol. The highest BCUT2D eigenvalue weighted by Crippen LogP contribution is 2.34. The average Bonchev–Trinajstić information content (AvgIpc) is 3.33. The van der Waals surface area contributed by atoms with Crippen molar-refractivity contribution in [3.05, 3.63) is 88.6 Å². The first-order valence-corrected chi connectivity index (χ1v) is 12.8. The Kier molecular flexibility index (Phi) is 6.69. The Morgan fingerprint density at radius 3 is 2.14 bits per heavy atom. The summed E-state index contributed by atoms with van der Waals surface area (Å²) in [6.07, 6.45) is 1.76. The summed E-state index contributed by atoms with van der Waals surface area (Å²) in [5.74, 6) is -0.612. The number of thioether (sulfide) groups is 1. The van der Waals surface area contributed by atoms with E-state index < -0.39 is 11.1 Å². The van der Waals surface area contributed by atoms with Crippen LogP contribution in [-0.2, 0) is 9.59 Å². The van der Waals surface area contributed by atoms with E-state index in [1.807, 2.05) is 68.4 Å². The van der Waals surface area contributed by atoms with Crippen LogP contribution < -0.4 is 4.90 Å². The van der Waals surface area contributed by atoms with E-state index >= 15 is 0 Å². The normalized spacial score (nSPS) is 17.4. The first kappa shape index (κ1) is 23.9. The molecule has 3 amide bonds. The molecule has 0 spiro atoms. The summed E-state index contributed by atoms with van der Waals surface area (Å²) >= 11 is 0.893. The minimum atomic E-state index is -0.411. The number of benzene rings is 2. The minimum absolute atomic E-state index is 0.200. The lowest BCUT2D eigenvalue weighted by molar-refractivity contribution is -0.136. The lowest BCUT2D eigenvalue weighted by Gasteiger charge is -2.36. The molecule has 2 fully saturated rings. The lowest BCUT2D eigenvalue weighted by Crippen LogP contribution is -2.51. The Hall–Kier alpha value is -3.78. The molecule has 8 heteroatoms. The molecule has 1 aromatic heterocycles. The molecule has 3 aromatic rings. The largest absolute Gasteiger partial charge is 0.368 e. The van der Waals surface area contributed by atoms with Crippen molar-refractivity contribution in [2.45, 2.75) is 13.8 Å². The number of aromatic nitrogens is 1. The molecule has 2 saturated heterocycles. The SMILES string of the molecule is Cc1cc(C=C2SC(=O)N(CC(=O)N3CCN(c4ccccc4)CC3)C2=O)c(C)n1-c1ccccc1. The van der Waals surface area contributed by atoms with Crippen LogP contribution in [0.1, 0.15) is 17.0 Å². The third-order valence-corrected chi connectivity index (χ3v) is 7.60. The molecule has 0 saturated carbocycles. The minimum Gasteiger partial charge on any atom is -0.368 e. The molecule has 2 aromatic carbocycles. The van der Waals surface area contributed by atoms with Crippen LogP contribution in [-0.4, -0.2) is 64.1 Å². The van der Waals surface area contributed by atoms with E-state index in [-0.39, 0.29) is 12.5 Å². The molecule has 5 rings (SSSR count). The van der Waals surface area contributed by atoms with Gasteiger partial charge in [0.15, 0.2) is 0 Å². The maximum atomic E-state index is 13.1. The first-order valence-electron chi connectivity index (χ1n) is 12.0. The summed E-state index contributed by atoms with van der Waals surface area (Å²) < 4.78 is 2.12. The van der Waals surface area contributed by atoms with Crippen molar-refractivity contribution in [2.24, 2.45) is 0 Å². The zero-order chi connectivity index (χ0) is 25.2. The molecule has 0 radical (unpaired) electrons. The zero-order valence-corrected chi connectivity index (χ0v) is 21.2. The van der Waals surface area contributed by atoms with Gasteiger partial charge in [0.25, 0.3) is 11.1 Å². The van der Waals surface area contributed by atoms with Gasteiger partial charge in [0.1, 0.15) is 6.54 Å². The molecule has 0 N–H and O–H groups in total. The summed E-state index contributed by atoms with van der Waals surface area (Å²) in [5, 5.41) is -0.403. The van der Waals surface area contributed by atoms with Gasteiger partial charge in [0.05, 0.1) is 4.91 Å². The maximum Gasteiger partial charge on any atom is 0.294 e. The van der Waals surface area contributed by atoms with Crippen LogP contribution in [0.3, 0.4) is 0 Å². The van der Waals surface area contributed by atoms with Crippen molar-refractivity contribution < 1.29 is 14.4 Å². The fraction of sp³-hybridized carbons (Fsp3) is 0.250. The highest BCUT2D eigenvalue weighted by molar-refractivity contribution is 8.18. The molecular weight excluding hydrogens is 472 g/mol. The van der Waals surface area contributed by atoms with Crippen LogP contribution in [0.4, 0.5) is 10.5 Å². The Morgan fingerprint density at radius 1 is 0.889 bits per heavy atom. The summed E-state index contributed by atoms with van der Waals surface area (Å²) in [5.41, 5.74) is 5.07. The fourth-order valence-corrected chi connectivity index (χ4v) is 5.60. The summed E-state index contributed by atoms with van der Waals surface area (Å²) in [6.45, 7) is 6.34. The van der Waals surface area contributed by atoms with E-state index in [1.165, 1.54) is 0 Å². The number of anilines is 1. The topological polar surface area (TPSA) is 65.9 Å². The maximum absolute atomic E-state index is 13.1. The van der Waals surface area contributed by atoms with Gasteiger partial charge in [-0.25, -0.2) is 0 Å². The molecule has 0 unspecified atom stereocenters. The summed E-state index contributed by atoms with van der Waals surface area (Å²) in [7, 11) is 0. The van der Waals surface area contributed by atoms with Crippen LogP contribution in [0.2, 0.25) is 0 Å². The molecule has 36 heavy (non-hydrogen) atoms. The highest BCUT2D eigenvalue weighted by Gasteiger charge is 2.37. The van der Waals surface area contributed by atoms with Gasteiger partial charge in [0.2, 0.25) is 5.91 Å². The van der Waals surface area contributed by atoms with Crippen molar-refractivity contribution in [1.29, 1.82) is 0 Å². The second-order valence-corrected chi connectivity index (χ2v) is 9.96. The molecule has 0 aliphatic carbocycles. The Labute approximate surface area is 215 Å². The van der Waals surface area contributed by atoms with Crippen LogP contribution in [0.15, 0.2) is 71.6 Å². The molecule has 7 nitrogen and oxygen atoms in total. The van der Waals surface area contributed by atoms with Crippen molar-refractivity contribution in [3.63, 3.8) is 0 Å². The first-order chi connectivity index (χ1) is 17.4. The van der Waals surface area contributed by atoms with Crippen molar-refractivity contribution in [3.8, 4) is 5.69 Å². The van der Waals surface area contributed by atoms with Crippen molar-refractivity contribution in [1.82, 2.24) is 14.4 Å². The number of carbonyl (C=O) groups excluding carboxylic acids is 3. The number of aryl methyl sites for hydroxylation is 1. The van der Waals surface area contributed by atoms with Crippen LogP contribution in [0.25, 0.3) is 11.8 Å². The number of imide groups is 1. The number of hydrogen-bond acceptors (Lipinski definition) is 5. The number of rotatable bonds is 5. The van der Waals surface area contributed by atoms with E-state index in [2.05, 4.69) is 21.6 Å². The Balaban J connectivity index is 1.25.